The van der Waals surface area contributed by atoms with E-state index in [2.05, 4.69) is 86.8 Å². The van der Waals surface area contributed by atoms with Gasteiger partial charge in [-0.05, 0) is 76.7 Å². The number of esters is 1. The van der Waals surface area contributed by atoms with E-state index in [9.17, 15) is 19.0 Å². The zero-order chi connectivity index (χ0) is 57.2. The number of carbonyl (C=O) groups excluding carboxylic acids is 2. The van der Waals surface area contributed by atoms with Gasteiger partial charge in [-0.15, -0.1) is 0 Å². The number of hydrogen-bond acceptors (Lipinski definition) is 7. The summed E-state index contributed by atoms with van der Waals surface area (Å²) < 4.78 is 30.4. The molecule has 0 saturated carbocycles. The Kier molecular flexibility index (Phi) is 55.8. The molecule has 0 aliphatic heterocycles. The van der Waals surface area contributed by atoms with Crippen molar-refractivity contribution in [3.05, 3.63) is 72.9 Å². The lowest BCUT2D eigenvalue weighted by molar-refractivity contribution is -0.870. The largest absolute Gasteiger partial charge is 0.756 e. The molecule has 9 nitrogen and oxygen atoms in total. The summed E-state index contributed by atoms with van der Waals surface area (Å²) in [6.45, 7) is 6.75. The smallest absolute Gasteiger partial charge is 0.306 e. The highest BCUT2D eigenvalue weighted by atomic mass is 31.2. The van der Waals surface area contributed by atoms with E-state index in [1.54, 1.807) is 0 Å². The molecule has 0 radical (unpaired) electrons. The predicted molar refractivity (Wildman–Crippen MR) is 335 cm³/mol. The van der Waals surface area contributed by atoms with Gasteiger partial charge >= 0.3 is 5.97 Å². The number of allylic oxidation sites excluding steroid dienone is 11. The Bertz CT molecular complexity index is 1570. The molecule has 1 N–H and O–H groups in total. The van der Waals surface area contributed by atoms with E-state index in [1.165, 1.54) is 161 Å². The van der Waals surface area contributed by atoms with Gasteiger partial charge in [-0.3, -0.25) is 14.2 Å². The molecule has 0 heterocycles. The summed E-state index contributed by atoms with van der Waals surface area (Å²) in [5.74, 6) is -0.540. The van der Waals surface area contributed by atoms with Gasteiger partial charge in [0.2, 0.25) is 5.91 Å². The highest BCUT2D eigenvalue weighted by molar-refractivity contribution is 7.45. The quantitative estimate of drug-likeness (QED) is 0.0212. The van der Waals surface area contributed by atoms with E-state index >= 15 is 0 Å². The van der Waals surface area contributed by atoms with E-state index in [-0.39, 0.29) is 31.5 Å². The van der Waals surface area contributed by atoms with Crippen LogP contribution in [0.1, 0.15) is 297 Å². The fraction of sp³-hybridized carbons (Fsp3) is 0.794. The zero-order valence-corrected chi connectivity index (χ0v) is 52.8. The van der Waals surface area contributed by atoms with E-state index < -0.39 is 20.0 Å². The Morgan fingerprint density at radius 1 is 0.462 bits per heavy atom. The van der Waals surface area contributed by atoms with Crippen LogP contribution in [-0.4, -0.2) is 69.4 Å². The Labute approximate surface area is 483 Å². The number of rotatable bonds is 59. The SMILES string of the molecule is CC/C=C\C/C=C\C/C=C\C/C=C\C/C=C\CCCCCCCCCCCC(=O)OC(/C=C\CCCCCCCCCCCCC)C(COP(=O)([O-])OCC[N+](C)(C)C)NC(=O)CCCCCCCCCCCCCCCC. The maximum absolute atomic E-state index is 13.5. The number of ether oxygens (including phenoxy) is 1. The van der Waals surface area contributed by atoms with Crippen LogP contribution in [0.2, 0.25) is 0 Å². The lowest BCUT2D eigenvalue weighted by Gasteiger charge is -2.30. The van der Waals surface area contributed by atoms with Crippen molar-refractivity contribution in [1.82, 2.24) is 5.32 Å². The molecule has 0 rings (SSSR count). The first kappa shape index (κ1) is 75.5. The second kappa shape index (κ2) is 57.7. The molecule has 0 aliphatic rings. The van der Waals surface area contributed by atoms with Crippen LogP contribution in [0.25, 0.3) is 0 Å². The fourth-order valence-corrected chi connectivity index (χ4v) is 10.1. The van der Waals surface area contributed by atoms with Gasteiger partial charge in [-0.2, -0.15) is 0 Å². The summed E-state index contributed by atoms with van der Waals surface area (Å²) >= 11 is 0. The van der Waals surface area contributed by atoms with Gasteiger partial charge in [0.15, 0.2) is 0 Å². The summed E-state index contributed by atoms with van der Waals surface area (Å²) in [5.41, 5.74) is 0. The van der Waals surface area contributed by atoms with Gasteiger partial charge in [0.25, 0.3) is 7.82 Å². The van der Waals surface area contributed by atoms with Gasteiger partial charge in [0, 0.05) is 12.8 Å². The minimum Gasteiger partial charge on any atom is -0.756 e. The lowest BCUT2D eigenvalue weighted by atomic mass is 10.0. The molecule has 3 atom stereocenters. The number of nitrogens with zero attached hydrogens (tertiary/aromatic N) is 1. The van der Waals surface area contributed by atoms with E-state index in [1.807, 2.05) is 33.3 Å². The molecule has 0 bridgehead atoms. The summed E-state index contributed by atoms with van der Waals surface area (Å²) in [5, 5.41) is 3.03. The van der Waals surface area contributed by atoms with Crippen molar-refractivity contribution in [2.45, 2.75) is 309 Å². The van der Waals surface area contributed by atoms with Crippen LogP contribution < -0.4 is 10.2 Å². The number of phosphoric acid groups is 1. The Morgan fingerprint density at radius 2 is 0.821 bits per heavy atom. The molecular weight excluding hydrogens is 988 g/mol. The number of quaternary nitrogens is 1. The number of nitrogens with one attached hydrogen (secondary N) is 1. The van der Waals surface area contributed by atoms with Crippen molar-refractivity contribution >= 4 is 19.7 Å². The van der Waals surface area contributed by atoms with Crippen LogP contribution in [0.4, 0.5) is 0 Å². The number of amides is 1. The van der Waals surface area contributed by atoms with Crippen LogP contribution in [-0.2, 0) is 27.9 Å². The Balaban J connectivity index is 5.16. The maximum Gasteiger partial charge on any atom is 0.306 e. The summed E-state index contributed by atoms with van der Waals surface area (Å²) in [6.07, 6.45) is 74.4. The number of unbranched alkanes of at least 4 members (excludes halogenated alkanes) is 33. The van der Waals surface area contributed by atoms with Crippen molar-refractivity contribution in [2.75, 3.05) is 40.9 Å². The first-order valence-electron chi connectivity index (χ1n) is 32.7. The second-order valence-electron chi connectivity index (χ2n) is 23.2. The van der Waals surface area contributed by atoms with Crippen molar-refractivity contribution < 1.29 is 37.3 Å². The van der Waals surface area contributed by atoms with Gasteiger partial charge in [-0.25, -0.2) is 0 Å². The normalized spacial score (nSPS) is 14.1. The van der Waals surface area contributed by atoms with Crippen LogP contribution in [0.15, 0.2) is 72.9 Å². The topological polar surface area (TPSA) is 114 Å². The molecule has 0 aliphatic carbocycles. The third kappa shape index (κ3) is 58.1. The summed E-state index contributed by atoms with van der Waals surface area (Å²) in [4.78, 5) is 40.0. The molecule has 0 aromatic carbocycles. The van der Waals surface area contributed by atoms with Crippen LogP contribution >= 0.6 is 7.82 Å². The van der Waals surface area contributed by atoms with E-state index in [4.69, 9.17) is 13.8 Å². The van der Waals surface area contributed by atoms with Gasteiger partial charge in [0.05, 0.1) is 33.8 Å². The van der Waals surface area contributed by atoms with Crippen LogP contribution in [0.3, 0.4) is 0 Å². The fourth-order valence-electron chi connectivity index (χ4n) is 9.37. The van der Waals surface area contributed by atoms with Gasteiger partial charge in [0.1, 0.15) is 19.3 Å². The van der Waals surface area contributed by atoms with Crippen LogP contribution in [0.5, 0.6) is 0 Å². The summed E-state index contributed by atoms with van der Waals surface area (Å²) in [6, 6.07) is -0.891. The Morgan fingerprint density at radius 3 is 1.23 bits per heavy atom. The first-order valence-corrected chi connectivity index (χ1v) is 34.2. The van der Waals surface area contributed by atoms with Gasteiger partial charge < -0.3 is 28.5 Å². The zero-order valence-electron chi connectivity index (χ0n) is 51.9. The molecular formula is C68H125N2O7P. The van der Waals surface area contributed by atoms with E-state index in [0.29, 0.717) is 17.4 Å². The molecule has 0 saturated heterocycles. The van der Waals surface area contributed by atoms with Crippen molar-refractivity contribution in [3.63, 3.8) is 0 Å². The second-order valence-corrected chi connectivity index (χ2v) is 24.7. The third-order valence-corrected chi connectivity index (χ3v) is 15.4. The third-order valence-electron chi connectivity index (χ3n) is 14.4. The molecule has 1 amide bonds. The predicted octanol–water partition coefficient (Wildman–Crippen LogP) is 19.8. The first-order chi connectivity index (χ1) is 37.9. The van der Waals surface area contributed by atoms with Crippen molar-refractivity contribution in [1.29, 1.82) is 0 Å². The van der Waals surface area contributed by atoms with Crippen molar-refractivity contribution in [3.8, 4) is 0 Å². The lowest BCUT2D eigenvalue weighted by Crippen LogP contribution is -2.47. The van der Waals surface area contributed by atoms with E-state index in [0.717, 1.165) is 103 Å². The monoisotopic (exact) mass is 1110 g/mol. The van der Waals surface area contributed by atoms with Crippen LogP contribution in [0, 0.1) is 0 Å². The number of hydrogen-bond donors (Lipinski definition) is 1. The molecule has 454 valence electrons. The minimum absolute atomic E-state index is 0.0237. The summed E-state index contributed by atoms with van der Waals surface area (Å²) in [7, 11) is 1.18. The highest BCUT2D eigenvalue weighted by Gasteiger charge is 2.27. The molecule has 0 aromatic heterocycles. The average molecular weight is 1110 g/mol. The molecule has 3 unspecified atom stereocenters. The number of phosphoric ester groups is 1. The molecule has 0 fully saturated rings. The number of likely N-dealkylation sites (N-methyl/N-ethyl adjacent to an activating group) is 1. The van der Waals surface area contributed by atoms with Crippen molar-refractivity contribution in [2.24, 2.45) is 0 Å². The minimum atomic E-state index is -4.70. The standard InChI is InChI=1S/C68H125N2O7P/c1-7-10-13-16-19-22-25-28-30-31-32-33-34-35-36-37-38-39-40-43-46-49-52-55-58-61-68(72)77-66(59-56-53-50-47-44-41-27-24-21-18-15-12-9-3)65(64-76-78(73,74)75-63-62-70(4,5)6)69-67(71)60-57-54-51-48-45-42-29-26-23-20-17-14-11-8-2/h10,13,19,22,28,30,32-33,35-36,56,59,65-66H,7-9,11-12,14-18,20-21,23-27,29,31,34,37-55,57-58,60-64H2,1-6H3,(H-,69,71,73,74)/b13-10-,22-19-,30-28-,33-32-,36-35-,59-56-. The molecule has 0 aromatic rings. The molecule has 0 spiro atoms. The Hall–Kier alpha value is -2.55. The highest BCUT2D eigenvalue weighted by Crippen LogP contribution is 2.38. The van der Waals surface area contributed by atoms with Gasteiger partial charge in [-0.1, -0.05) is 280 Å². The number of carbonyl (C=O) groups is 2. The molecule has 78 heavy (non-hydrogen) atoms. The maximum atomic E-state index is 13.5. The average Bonchev–Trinajstić information content (AvgIpc) is 3.40. The molecule has 10 heteroatoms.